The number of carbonyl (C=O) groups is 1. The minimum Gasteiger partial charge on any atom is -0.340 e. The van der Waals surface area contributed by atoms with E-state index >= 15 is 0 Å². The number of nitrogens with zero attached hydrogens (tertiary/aromatic N) is 6. The molecule has 29 heavy (non-hydrogen) atoms. The van der Waals surface area contributed by atoms with E-state index in [9.17, 15) is 9.59 Å². The zero-order chi connectivity index (χ0) is 20.0. The van der Waals surface area contributed by atoms with E-state index in [-0.39, 0.29) is 18.0 Å². The number of pyridine rings is 1. The Kier molecular flexibility index (Phi) is 4.49. The molecule has 0 saturated carbocycles. The minimum absolute atomic E-state index is 0.0862. The lowest BCUT2D eigenvalue weighted by atomic mass is 10.0. The molecule has 2 aliphatic rings. The molecule has 0 aromatic carbocycles. The van der Waals surface area contributed by atoms with Crippen molar-refractivity contribution in [2.24, 2.45) is 0 Å². The van der Waals surface area contributed by atoms with Gasteiger partial charge in [-0.2, -0.15) is 0 Å². The maximum atomic E-state index is 12.8. The fourth-order valence-corrected chi connectivity index (χ4v) is 4.84. The zero-order valence-corrected chi connectivity index (χ0v) is 16.8. The molecular formula is C21H26N6O2. The third kappa shape index (κ3) is 3.16. The lowest BCUT2D eigenvalue weighted by molar-refractivity contribution is -0.130. The SMILES string of the molecule is Cc1nc2c(n1[C@H]1CCN(C(=O)CCn3nc4ccccn4c3=O)C1)CCCC2. The molecule has 0 N–H and O–H groups in total. The highest BCUT2D eigenvalue weighted by atomic mass is 16.2. The normalized spacial score (nSPS) is 19.1. The lowest BCUT2D eigenvalue weighted by Gasteiger charge is -2.21. The fourth-order valence-electron chi connectivity index (χ4n) is 4.84. The van der Waals surface area contributed by atoms with E-state index in [1.54, 1.807) is 18.3 Å². The van der Waals surface area contributed by atoms with Crippen LogP contribution in [0.5, 0.6) is 0 Å². The highest BCUT2D eigenvalue weighted by Crippen LogP contribution is 2.30. The summed E-state index contributed by atoms with van der Waals surface area (Å²) in [5.74, 6) is 1.16. The summed E-state index contributed by atoms with van der Waals surface area (Å²) in [6.45, 7) is 3.87. The van der Waals surface area contributed by atoms with Crippen LogP contribution in [-0.2, 0) is 24.2 Å². The van der Waals surface area contributed by atoms with Crippen molar-refractivity contribution in [2.75, 3.05) is 13.1 Å². The van der Waals surface area contributed by atoms with E-state index in [0.717, 1.165) is 38.2 Å². The summed E-state index contributed by atoms with van der Waals surface area (Å²) in [6, 6.07) is 5.75. The predicted octanol–water partition coefficient (Wildman–Crippen LogP) is 1.74. The van der Waals surface area contributed by atoms with Crippen LogP contribution in [0.15, 0.2) is 29.2 Å². The van der Waals surface area contributed by atoms with Crippen molar-refractivity contribution in [2.45, 2.75) is 58.0 Å². The first-order valence-corrected chi connectivity index (χ1v) is 10.5. The molecule has 1 aliphatic heterocycles. The fraction of sp³-hybridized carbons (Fsp3) is 0.524. The largest absolute Gasteiger partial charge is 0.350 e. The molecular weight excluding hydrogens is 368 g/mol. The molecule has 152 valence electrons. The van der Waals surface area contributed by atoms with Gasteiger partial charge in [-0.1, -0.05) is 6.07 Å². The van der Waals surface area contributed by atoms with E-state index in [1.807, 2.05) is 11.0 Å². The molecule has 1 saturated heterocycles. The molecule has 0 unspecified atom stereocenters. The molecule has 0 bridgehead atoms. The Hall–Kier alpha value is -2.90. The van der Waals surface area contributed by atoms with Crippen LogP contribution >= 0.6 is 0 Å². The molecule has 8 heteroatoms. The topological polar surface area (TPSA) is 77.4 Å². The van der Waals surface area contributed by atoms with Crippen molar-refractivity contribution in [1.82, 2.24) is 28.6 Å². The molecule has 4 heterocycles. The molecule has 0 radical (unpaired) electrons. The van der Waals surface area contributed by atoms with Gasteiger partial charge < -0.3 is 9.47 Å². The van der Waals surface area contributed by atoms with Crippen molar-refractivity contribution in [3.05, 3.63) is 52.1 Å². The number of hydrogen-bond acceptors (Lipinski definition) is 4. The van der Waals surface area contributed by atoms with Crippen LogP contribution in [-0.4, -0.2) is 47.6 Å². The lowest BCUT2D eigenvalue weighted by Crippen LogP contribution is -2.31. The van der Waals surface area contributed by atoms with Crippen LogP contribution in [0.4, 0.5) is 0 Å². The van der Waals surface area contributed by atoms with Gasteiger partial charge in [-0.25, -0.2) is 14.5 Å². The average Bonchev–Trinajstić information content (AvgIpc) is 3.41. The molecule has 1 aliphatic carbocycles. The number of imidazole rings is 1. The number of carbonyl (C=O) groups excluding carboxylic acids is 1. The predicted molar refractivity (Wildman–Crippen MR) is 108 cm³/mol. The van der Waals surface area contributed by atoms with Crippen LogP contribution in [0.3, 0.4) is 0 Å². The molecule has 8 nitrogen and oxygen atoms in total. The molecule has 1 atom stereocenters. The van der Waals surface area contributed by atoms with Crippen LogP contribution in [0.1, 0.15) is 48.9 Å². The Morgan fingerprint density at radius 3 is 2.97 bits per heavy atom. The Bertz CT molecular complexity index is 1120. The van der Waals surface area contributed by atoms with E-state index in [0.29, 0.717) is 18.2 Å². The number of rotatable bonds is 4. The van der Waals surface area contributed by atoms with Gasteiger partial charge >= 0.3 is 5.69 Å². The summed E-state index contributed by atoms with van der Waals surface area (Å²) < 4.78 is 5.27. The quantitative estimate of drug-likeness (QED) is 0.675. The number of aromatic nitrogens is 5. The number of hydrogen-bond donors (Lipinski definition) is 0. The van der Waals surface area contributed by atoms with Crippen LogP contribution < -0.4 is 5.69 Å². The molecule has 3 aromatic heterocycles. The number of likely N-dealkylation sites (tertiary alicyclic amines) is 1. The van der Waals surface area contributed by atoms with Crippen molar-refractivity contribution >= 4 is 11.6 Å². The van der Waals surface area contributed by atoms with Gasteiger partial charge in [0.15, 0.2) is 5.65 Å². The number of amides is 1. The van der Waals surface area contributed by atoms with E-state index in [2.05, 4.69) is 16.6 Å². The molecule has 0 spiro atoms. The molecule has 1 fully saturated rings. The van der Waals surface area contributed by atoms with E-state index in [1.165, 1.54) is 33.3 Å². The van der Waals surface area contributed by atoms with Crippen LogP contribution in [0, 0.1) is 6.92 Å². The maximum absolute atomic E-state index is 12.8. The van der Waals surface area contributed by atoms with E-state index < -0.39 is 0 Å². The van der Waals surface area contributed by atoms with Crippen molar-refractivity contribution in [1.29, 1.82) is 0 Å². The maximum Gasteiger partial charge on any atom is 0.350 e. The monoisotopic (exact) mass is 394 g/mol. The number of aryl methyl sites for hydroxylation is 3. The second-order valence-electron chi connectivity index (χ2n) is 8.10. The van der Waals surface area contributed by atoms with Gasteiger partial charge in [-0.05, 0) is 51.2 Å². The van der Waals surface area contributed by atoms with Gasteiger partial charge in [-0.3, -0.25) is 9.20 Å². The Balaban J connectivity index is 1.26. The van der Waals surface area contributed by atoms with Gasteiger partial charge in [0, 0.05) is 31.4 Å². The van der Waals surface area contributed by atoms with Crippen LogP contribution in [0.25, 0.3) is 5.65 Å². The van der Waals surface area contributed by atoms with Crippen LogP contribution in [0.2, 0.25) is 0 Å². The smallest absolute Gasteiger partial charge is 0.340 e. The van der Waals surface area contributed by atoms with Gasteiger partial charge in [0.2, 0.25) is 5.91 Å². The first kappa shape index (κ1) is 18.1. The summed E-state index contributed by atoms with van der Waals surface area (Å²) >= 11 is 0. The first-order valence-electron chi connectivity index (χ1n) is 10.5. The third-order valence-corrected chi connectivity index (χ3v) is 6.25. The Morgan fingerprint density at radius 2 is 2.10 bits per heavy atom. The molecule has 3 aromatic rings. The van der Waals surface area contributed by atoms with Crippen molar-refractivity contribution in [3.63, 3.8) is 0 Å². The summed E-state index contributed by atoms with van der Waals surface area (Å²) in [5.41, 5.74) is 3.04. The number of fused-ring (bicyclic) bond motifs is 2. The standard InChI is InChI=1S/C21H26N6O2/c1-15-22-17-6-2-3-7-18(17)27(15)16-9-12-24(14-16)20(28)10-13-26-21(29)25-11-5-4-8-19(25)23-26/h4-5,8,11,16H,2-3,6-7,9-10,12-14H2,1H3/t16-/m0/s1. The van der Waals surface area contributed by atoms with Gasteiger partial charge in [0.1, 0.15) is 5.82 Å². The summed E-state index contributed by atoms with van der Waals surface area (Å²) in [6.07, 6.45) is 7.57. The van der Waals surface area contributed by atoms with E-state index in [4.69, 9.17) is 4.98 Å². The third-order valence-electron chi connectivity index (χ3n) is 6.25. The minimum atomic E-state index is -0.201. The second kappa shape index (κ2) is 7.17. The van der Waals surface area contributed by atoms with Gasteiger partial charge in [0.05, 0.1) is 18.3 Å². The Morgan fingerprint density at radius 1 is 1.24 bits per heavy atom. The first-order chi connectivity index (χ1) is 14.1. The van der Waals surface area contributed by atoms with Crippen molar-refractivity contribution in [3.8, 4) is 0 Å². The molecule has 1 amide bonds. The summed E-state index contributed by atoms with van der Waals surface area (Å²) in [7, 11) is 0. The zero-order valence-electron chi connectivity index (χ0n) is 16.8. The summed E-state index contributed by atoms with van der Waals surface area (Å²) in [4.78, 5) is 31.9. The highest BCUT2D eigenvalue weighted by molar-refractivity contribution is 5.76. The summed E-state index contributed by atoms with van der Waals surface area (Å²) in [5, 5.41) is 4.31. The van der Waals surface area contributed by atoms with Gasteiger partial charge in [-0.15, -0.1) is 5.10 Å². The Labute approximate surface area is 168 Å². The highest BCUT2D eigenvalue weighted by Gasteiger charge is 2.31. The van der Waals surface area contributed by atoms with Gasteiger partial charge in [0.25, 0.3) is 0 Å². The van der Waals surface area contributed by atoms with Crippen molar-refractivity contribution < 1.29 is 4.79 Å². The average molecular weight is 394 g/mol. The second-order valence-corrected chi connectivity index (χ2v) is 8.10. The molecule has 5 rings (SSSR count).